The highest BCUT2D eigenvalue weighted by Gasteiger charge is 2.24. The molecule has 1 unspecified atom stereocenters. The van der Waals surface area contributed by atoms with Crippen molar-refractivity contribution in [1.82, 2.24) is 4.98 Å². The first-order chi connectivity index (χ1) is 10.3. The van der Waals surface area contributed by atoms with E-state index in [0.717, 1.165) is 35.4 Å². The number of ether oxygens (including phenoxy) is 2. The molecule has 0 saturated carbocycles. The van der Waals surface area contributed by atoms with E-state index >= 15 is 0 Å². The number of rotatable bonds is 8. The van der Waals surface area contributed by atoms with E-state index in [0.29, 0.717) is 12.5 Å². The molecule has 3 nitrogen and oxygen atoms in total. The molecule has 2 rings (SSSR count). The van der Waals surface area contributed by atoms with E-state index in [1.165, 1.54) is 32.1 Å². The smallest absolute Gasteiger partial charge is 0.200 e. The Balaban J connectivity index is 1.82. The number of hydrogen-bond donors (Lipinski definition) is 0. The number of halogens is 1. The van der Waals surface area contributed by atoms with Crippen LogP contribution in [-0.2, 0) is 17.2 Å². The zero-order valence-electron chi connectivity index (χ0n) is 13.2. The molecule has 0 N–H and O–H groups in total. The van der Waals surface area contributed by atoms with Crippen molar-refractivity contribution in [1.29, 1.82) is 0 Å². The monoisotopic (exact) mass is 311 g/mol. The highest BCUT2D eigenvalue weighted by Crippen LogP contribution is 2.33. The maximum absolute atomic E-state index is 5.99. The number of pyridine rings is 1. The zero-order chi connectivity index (χ0) is 15.1. The van der Waals surface area contributed by atoms with Crippen LogP contribution in [0.4, 0.5) is 0 Å². The van der Waals surface area contributed by atoms with E-state index in [-0.39, 0.29) is 6.29 Å². The number of unbranched alkanes of at least 4 members (excludes halogenated alkanes) is 5. The number of aryl methyl sites for hydroxylation is 1. The Labute approximate surface area is 133 Å². The minimum Gasteiger partial charge on any atom is -0.463 e. The molecular formula is C17H26ClNO2. The van der Waals surface area contributed by atoms with Crippen molar-refractivity contribution in [3.05, 3.63) is 23.0 Å². The second kappa shape index (κ2) is 8.60. The Bertz CT molecular complexity index is 451. The van der Waals surface area contributed by atoms with Gasteiger partial charge in [0.05, 0.1) is 12.3 Å². The molecule has 21 heavy (non-hydrogen) atoms. The minimum absolute atomic E-state index is 0.130. The van der Waals surface area contributed by atoms with Gasteiger partial charge in [-0.3, -0.25) is 4.98 Å². The van der Waals surface area contributed by atoms with E-state index in [9.17, 15) is 0 Å². The highest BCUT2D eigenvalue weighted by molar-refractivity contribution is 6.17. The fraction of sp³-hybridized carbons (Fsp3) is 0.706. The molecule has 0 saturated heterocycles. The summed E-state index contributed by atoms with van der Waals surface area (Å²) in [6.45, 7) is 4.80. The van der Waals surface area contributed by atoms with Crippen molar-refractivity contribution >= 4 is 11.6 Å². The van der Waals surface area contributed by atoms with Gasteiger partial charge in [0.1, 0.15) is 5.75 Å². The molecule has 0 amide bonds. The molecule has 0 bridgehead atoms. The molecule has 1 aromatic rings. The molecule has 0 fully saturated rings. The molecule has 1 atom stereocenters. The normalized spacial score (nSPS) is 17.4. The second-order valence-corrected chi connectivity index (χ2v) is 5.99. The number of fused-ring (bicyclic) bond motifs is 1. The van der Waals surface area contributed by atoms with Crippen LogP contribution in [0.25, 0.3) is 0 Å². The van der Waals surface area contributed by atoms with Gasteiger partial charge in [0.2, 0.25) is 0 Å². The van der Waals surface area contributed by atoms with Crippen molar-refractivity contribution < 1.29 is 9.47 Å². The Kier molecular flexibility index (Phi) is 6.78. The predicted molar refractivity (Wildman–Crippen MR) is 85.7 cm³/mol. The first-order valence-electron chi connectivity index (χ1n) is 8.07. The van der Waals surface area contributed by atoms with Crippen LogP contribution in [-0.4, -0.2) is 11.3 Å². The number of nitrogens with zero attached hydrogens (tertiary/aromatic N) is 1. The summed E-state index contributed by atoms with van der Waals surface area (Å²) in [5.41, 5.74) is 3.00. The topological polar surface area (TPSA) is 31.4 Å². The molecule has 1 aliphatic heterocycles. The van der Waals surface area contributed by atoms with Crippen LogP contribution in [0.3, 0.4) is 0 Å². The molecular weight excluding hydrogens is 286 g/mol. The van der Waals surface area contributed by atoms with E-state index in [1.807, 2.05) is 13.1 Å². The van der Waals surface area contributed by atoms with Crippen LogP contribution in [0.5, 0.6) is 5.75 Å². The third-order valence-electron chi connectivity index (χ3n) is 4.00. The molecule has 0 aromatic carbocycles. The molecule has 1 aliphatic rings. The lowest BCUT2D eigenvalue weighted by Crippen LogP contribution is -2.27. The van der Waals surface area contributed by atoms with Gasteiger partial charge in [-0.1, -0.05) is 39.0 Å². The number of alkyl halides is 1. The van der Waals surface area contributed by atoms with Crippen LogP contribution in [0.15, 0.2) is 6.20 Å². The summed E-state index contributed by atoms with van der Waals surface area (Å²) in [7, 11) is 0. The zero-order valence-corrected chi connectivity index (χ0v) is 13.9. The van der Waals surface area contributed by atoms with E-state index < -0.39 is 0 Å². The maximum atomic E-state index is 5.99. The van der Waals surface area contributed by atoms with Gasteiger partial charge >= 0.3 is 0 Å². The lowest BCUT2D eigenvalue weighted by atomic mass is 10.1. The standard InChI is InChI=1S/C17H26ClNO2/c1-3-4-5-6-7-8-9-16-20-12-15-14(10-18)11-19-13(2)17(15)21-16/h11,16H,3-10,12H2,1-2H3. The molecule has 0 spiro atoms. The molecule has 118 valence electrons. The van der Waals surface area contributed by atoms with Gasteiger partial charge in [0.15, 0.2) is 6.29 Å². The average Bonchev–Trinajstić information content (AvgIpc) is 2.51. The van der Waals surface area contributed by atoms with Crippen molar-refractivity contribution in [3.8, 4) is 5.75 Å². The Morgan fingerprint density at radius 3 is 2.76 bits per heavy atom. The number of hydrogen-bond acceptors (Lipinski definition) is 3. The van der Waals surface area contributed by atoms with Gasteiger partial charge in [0.25, 0.3) is 0 Å². The lowest BCUT2D eigenvalue weighted by Gasteiger charge is -2.28. The maximum Gasteiger partial charge on any atom is 0.200 e. The van der Waals surface area contributed by atoms with Crippen LogP contribution in [0, 0.1) is 6.92 Å². The van der Waals surface area contributed by atoms with Gasteiger partial charge in [-0.05, 0) is 18.9 Å². The highest BCUT2D eigenvalue weighted by atomic mass is 35.5. The third-order valence-corrected chi connectivity index (χ3v) is 4.29. The summed E-state index contributed by atoms with van der Waals surface area (Å²) in [6.07, 6.45) is 10.4. The van der Waals surface area contributed by atoms with Crippen LogP contribution < -0.4 is 4.74 Å². The second-order valence-electron chi connectivity index (χ2n) is 5.73. The SMILES string of the molecule is CCCCCCCCC1OCc2c(CCl)cnc(C)c2O1. The minimum atomic E-state index is -0.130. The quantitative estimate of drug-likeness (QED) is 0.493. The summed E-state index contributed by atoms with van der Waals surface area (Å²) in [5.74, 6) is 1.33. The summed E-state index contributed by atoms with van der Waals surface area (Å²) < 4.78 is 11.8. The summed E-state index contributed by atoms with van der Waals surface area (Å²) in [4.78, 5) is 4.36. The van der Waals surface area contributed by atoms with Crippen molar-refractivity contribution in [2.24, 2.45) is 0 Å². The average molecular weight is 312 g/mol. The Morgan fingerprint density at radius 1 is 1.24 bits per heavy atom. The van der Waals surface area contributed by atoms with Crippen LogP contribution in [0.2, 0.25) is 0 Å². The molecule has 4 heteroatoms. The van der Waals surface area contributed by atoms with Gasteiger partial charge in [-0.15, -0.1) is 11.6 Å². The first-order valence-corrected chi connectivity index (χ1v) is 8.61. The lowest BCUT2D eigenvalue weighted by molar-refractivity contribution is -0.113. The van der Waals surface area contributed by atoms with Gasteiger partial charge in [0, 0.05) is 24.1 Å². The Hall–Kier alpha value is -0.800. The van der Waals surface area contributed by atoms with Crippen molar-refractivity contribution in [2.75, 3.05) is 0 Å². The molecule has 2 heterocycles. The fourth-order valence-corrected chi connectivity index (χ4v) is 2.91. The largest absolute Gasteiger partial charge is 0.463 e. The summed E-state index contributed by atoms with van der Waals surface area (Å²) in [6, 6.07) is 0. The van der Waals surface area contributed by atoms with Crippen LogP contribution >= 0.6 is 11.6 Å². The van der Waals surface area contributed by atoms with Gasteiger partial charge in [-0.2, -0.15) is 0 Å². The van der Waals surface area contributed by atoms with Crippen LogP contribution in [0.1, 0.15) is 68.7 Å². The summed E-state index contributed by atoms with van der Waals surface area (Å²) >= 11 is 5.95. The van der Waals surface area contributed by atoms with Gasteiger partial charge in [-0.25, -0.2) is 0 Å². The predicted octanol–water partition coefficient (Wildman–Crippen LogP) is 5.11. The molecule has 0 radical (unpaired) electrons. The molecule has 0 aliphatic carbocycles. The Morgan fingerprint density at radius 2 is 2.00 bits per heavy atom. The molecule has 1 aromatic heterocycles. The fourth-order valence-electron chi connectivity index (χ4n) is 2.68. The first kappa shape index (κ1) is 16.6. The number of aromatic nitrogens is 1. The van der Waals surface area contributed by atoms with E-state index in [2.05, 4.69) is 11.9 Å². The van der Waals surface area contributed by atoms with Crippen molar-refractivity contribution in [3.63, 3.8) is 0 Å². The van der Waals surface area contributed by atoms with E-state index in [4.69, 9.17) is 21.1 Å². The summed E-state index contributed by atoms with van der Waals surface area (Å²) in [5, 5.41) is 0. The van der Waals surface area contributed by atoms with Crippen molar-refractivity contribution in [2.45, 2.75) is 77.6 Å². The third kappa shape index (κ3) is 4.58. The van der Waals surface area contributed by atoms with E-state index in [1.54, 1.807) is 0 Å². The van der Waals surface area contributed by atoms with Gasteiger partial charge < -0.3 is 9.47 Å².